The SMILES string of the molecule is Cc1cc(C)n(Cc2ccc(C(=O)Nc3c(C(N)=O)sc4nc(C(F)(F)F)cc(-c5ccccc5)c34)o2)n1. The molecule has 4 aromatic heterocycles. The van der Waals surface area contributed by atoms with Crippen molar-refractivity contribution in [2.24, 2.45) is 5.73 Å². The summed E-state index contributed by atoms with van der Waals surface area (Å²) >= 11 is 0.677. The molecule has 4 heterocycles. The molecule has 2 amide bonds. The Morgan fingerprint density at radius 3 is 2.47 bits per heavy atom. The van der Waals surface area contributed by atoms with Gasteiger partial charge in [-0.2, -0.15) is 18.3 Å². The normalized spacial score (nSPS) is 11.7. The van der Waals surface area contributed by atoms with E-state index < -0.39 is 23.7 Å². The van der Waals surface area contributed by atoms with Crippen LogP contribution in [0.5, 0.6) is 0 Å². The van der Waals surface area contributed by atoms with Crippen LogP contribution >= 0.6 is 11.3 Å². The fourth-order valence-corrected chi connectivity index (χ4v) is 5.13. The number of carbonyl (C=O) groups is 2. The standard InChI is InChI=1S/C26H20F3N5O3S/c1-13-10-14(2)34(33-13)12-16-8-9-18(37-16)24(36)32-21-20-17(15-6-4-3-5-7-15)11-19(26(27,28)29)31-25(20)38-22(21)23(30)35/h3-11H,12H2,1-2H3,(H2,30,35)(H,32,36). The van der Waals surface area contributed by atoms with Gasteiger partial charge in [0.15, 0.2) is 5.76 Å². The number of anilines is 1. The molecule has 8 nitrogen and oxygen atoms in total. The van der Waals surface area contributed by atoms with E-state index in [1.54, 1.807) is 41.1 Å². The van der Waals surface area contributed by atoms with E-state index in [9.17, 15) is 22.8 Å². The van der Waals surface area contributed by atoms with E-state index in [0.29, 0.717) is 29.2 Å². The predicted molar refractivity (Wildman–Crippen MR) is 136 cm³/mol. The molecule has 0 fully saturated rings. The Bertz CT molecular complexity index is 1690. The Balaban J connectivity index is 1.57. The second-order valence-electron chi connectivity index (χ2n) is 8.57. The lowest BCUT2D eigenvalue weighted by atomic mass is 10.0. The van der Waals surface area contributed by atoms with Crippen LogP contribution < -0.4 is 11.1 Å². The molecule has 5 rings (SSSR count). The molecular formula is C26H20F3N5O3S. The third-order valence-electron chi connectivity index (χ3n) is 5.79. The van der Waals surface area contributed by atoms with Gasteiger partial charge >= 0.3 is 6.18 Å². The van der Waals surface area contributed by atoms with E-state index in [-0.39, 0.29) is 32.1 Å². The van der Waals surface area contributed by atoms with Gasteiger partial charge in [0.1, 0.15) is 21.2 Å². The number of primary amides is 1. The number of carbonyl (C=O) groups excluding carboxylic acids is 2. The van der Waals surface area contributed by atoms with Crippen LogP contribution in [0.4, 0.5) is 18.9 Å². The summed E-state index contributed by atoms with van der Waals surface area (Å²) in [4.78, 5) is 29.0. The fourth-order valence-electron chi connectivity index (χ4n) is 4.12. The second kappa shape index (κ2) is 9.45. The van der Waals surface area contributed by atoms with Gasteiger partial charge in [-0.05, 0) is 49.2 Å². The molecular weight excluding hydrogens is 519 g/mol. The molecule has 3 N–H and O–H groups in total. The number of thiophene rings is 1. The summed E-state index contributed by atoms with van der Waals surface area (Å²) in [6.07, 6.45) is -4.73. The first kappa shape index (κ1) is 25.2. The van der Waals surface area contributed by atoms with Gasteiger partial charge in [-0.1, -0.05) is 30.3 Å². The smallest absolute Gasteiger partial charge is 0.433 e. The molecule has 0 aliphatic carbocycles. The number of benzene rings is 1. The lowest BCUT2D eigenvalue weighted by Crippen LogP contribution is -2.16. The lowest BCUT2D eigenvalue weighted by molar-refractivity contribution is -0.140. The third-order valence-corrected chi connectivity index (χ3v) is 6.89. The highest BCUT2D eigenvalue weighted by atomic mass is 32.1. The molecule has 12 heteroatoms. The predicted octanol–water partition coefficient (Wildman–Crippen LogP) is 5.79. The summed E-state index contributed by atoms with van der Waals surface area (Å²) in [7, 11) is 0. The van der Waals surface area contributed by atoms with Gasteiger partial charge in [-0.25, -0.2) is 4.98 Å². The Morgan fingerprint density at radius 1 is 1.11 bits per heavy atom. The zero-order valence-corrected chi connectivity index (χ0v) is 20.9. The maximum absolute atomic E-state index is 13.7. The van der Waals surface area contributed by atoms with E-state index in [1.165, 1.54) is 6.07 Å². The van der Waals surface area contributed by atoms with Crippen LogP contribution in [0.25, 0.3) is 21.3 Å². The number of aryl methyl sites for hydroxylation is 2. The van der Waals surface area contributed by atoms with Crippen LogP contribution in [-0.4, -0.2) is 26.6 Å². The van der Waals surface area contributed by atoms with Gasteiger partial charge in [0.25, 0.3) is 11.8 Å². The largest absolute Gasteiger partial charge is 0.454 e. The molecule has 0 bridgehead atoms. The molecule has 0 unspecified atom stereocenters. The Morgan fingerprint density at radius 2 is 1.84 bits per heavy atom. The molecule has 0 aliphatic heterocycles. The number of hydrogen-bond donors (Lipinski definition) is 2. The lowest BCUT2D eigenvalue weighted by Gasteiger charge is -2.12. The average Bonchev–Trinajstić information content (AvgIpc) is 3.56. The number of nitrogens with one attached hydrogen (secondary N) is 1. The zero-order chi connectivity index (χ0) is 27.2. The van der Waals surface area contributed by atoms with E-state index in [4.69, 9.17) is 10.2 Å². The Labute approximate surface area is 217 Å². The Hall–Kier alpha value is -4.45. The maximum Gasteiger partial charge on any atom is 0.433 e. The highest BCUT2D eigenvalue weighted by Gasteiger charge is 2.35. The summed E-state index contributed by atoms with van der Waals surface area (Å²) in [5.74, 6) is -1.21. The first-order valence-electron chi connectivity index (χ1n) is 11.3. The summed E-state index contributed by atoms with van der Waals surface area (Å²) in [6.45, 7) is 4.05. The van der Waals surface area contributed by atoms with E-state index >= 15 is 0 Å². The number of amides is 2. The minimum Gasteiger partial charge on any atom is -0.454 e. The fraction of sp³-hybridized carbons (Fsp3) is 0.154. The second-order valence-corrected chi connectivity index (χ2v) is 9.57. The highest BCUT2D eigenvalue weighted by Crippen LogP contribution is 2.43. The number of hydrogen-bond acceptors (Lipinski definition) is 6. The number of halogens is 3. The first-order chi connectivity index (χ1) is 18.0. The number of rotatable bonds is 6. The minimum absolute atomic E-state index is 0.0286. The van der Waals surface area contributed by atoms with Crippen molar-refractivity contribution in [3.05, 3.63) is 88.1 Å². The summed E-state index contributed by atoms with van der Waals surface area (Å²) in [5, 5.41) is 7.16. The molecule has 1 aromatic carbocycles. The van der Waals surface area contributed by atoms with Crippen molar-refractivity contribution >= 4 is 39.1 Å². The van der Waals surface area contributed by atoms with Crippen LogP contribution in [0, 0.1) is 13.8 Å². The average molecular weight is 540 g/mol. The molecule has 5 aromatic rings. The maximum atomic E-state index is 13.7. The number of aromatic nitrogens is 3. The van der Waals surface area contributed by atoms with Crippen LogP contribution in [0.3, 0.4) is 0 Å². The van der Waals surface area contributed by atoms with Crippen molar-refractivity contribution in [2.75, 3.05) is 5.32 Å². The van der Waals surface area contributed by atoms with Crippen LogP contribution in [0.1, 0.15) is 43.1 Å². The topological polar surface area (TPSA) is 116 Å². The number of nitrogens with two attached hydrogens (primary N) is 1. The number of nitrogens with zero attached hydrogens (tertiary/aromatic N) is 3. The number of alkyl halides is 3. The van der Waals surface area contributed by atoms with Gasteiger partial charge in [-0.15, -0.1) is 11.3 Å². The molecule has 0 saturated heterocycles. The monoisotopic (exact) mass is 539 g/mol. The number of pyridine rings is 1. The molecule has 0 atom stereocenters. The zero-order valence-electron chi connectivity index (χ0n) is 20.1. The van der Waals surface area contributed by atoms with Gasteiger partial charge in [-0.3, -0.25) is 14.3 Å². The summed E-state index contributed by atoms with van der Waals surface area (Å²) < 4.78 is 48.4. The van der Waals surface area contributed by atoms with Gasteiger partial charge in [0.2, 0.25) is 0 Å². The molecule has 0 aliphatic rings. The quantitative estimate of drug-likeness (QED) is 0.283. The Kier molecular flexibility index (Phi) is 6.27. The van der Waals surface area contributed by atoms with E-state index in [1.807, 2.05) is 19.9 Å². The molecule has 0 radical (unpaired) electrons. The molecule has 38 heavy (non-hydrogen) atoms. The van der Waals surface area contributed by atoms with Crippen molar-refractivity contribution in [1.82, 2.24) is 14.8 Å². The molecule has 194 valence electrons. The summed E-state index contributed by atoms with van der Waals surface area (Å²) in [6, 6.07) is 14.2. The van der Waals surface area contributed by atoms with E-state index in [0.717, 1.165) is 17.5 Å². The minimum atomic E-state index is -4.73. The van der Waals surface area contributed by atoms with E-state index in [2.05, 4.69) is 15.4 Å². The summed E-state index contributed by atoms with van der Waals surface area (Å²) in [5.41, 5.74) is 6.74. The third kappa shape index (κ3) is 4.77. The van der Waals surface area contributed by atoms with Crippen LogP contribution in [-0.2, 0) is 12.7 Å². The van der Waals surface area contributed by atoms with Crippen LogP contribution in [0.15, 0.2) is 59.0 Å². The molecule has 0 spiro atoms. The first-order valence-corrected chi connectivity index (χ1v) is 12.1. The number of furan rings is 1. The number of fused-ring (bicyclic) bond motifs is 1. The van der Waals surface area contributed by atoms with Crippen molar-refractivity contribution in [1.29, 1.82) is 0 Å². The van der Waals surface area contributed by atoms with Gasteiger partial charge in [0.05, 0.1) is 17.9 Å². The van der Waals surface area contributed by atoms with Crippen molar-refractivity contribution in [3.63, 3.8) is 0 Å². The van der Waals surface area contributed by atoms with Crippen molar-refractivity contribution < 1.29 is 27.2 Å². The van der Waals surface area contributed by atoms with Crippen molar-refractivity contribution in [2.45, 2.75) is 26.6 Å². The highest BCUT2D eigenvalue weighted by molar-refractivity contribution is 7.21. The van der Waals surface area contributed by atoms with Gasteiger partial charge in [0, 0.05) is 11.1 Å². The molecule has 0 saturated carbocycles. The van der Waals surface area contributed by atoms with Crippen LogP contribution in [0.2, 0.25) is 0 Å². The van der Waals surface area contributed by atoms with Crippen molar-refractivity contribution in [3.8, 4) is 11.1 Å². The van der Waals surface area contributed by atoms with Gasteiger partial charge < -0.3 is 15.5 Å².